The minimum absolute atomic E-state index is 0.136. The Bertz CT molecular complexity index is 921. The second-order valence-electron chi connectivity index (χ2n) is 6.98. The van der Waals surface area contributed by atoms with Gasteiger partial charge < -0.3 is 10.1 Å². The SMILES string of the molecule is CC[C@H](Oc1ccc(C)c(C)c1)C(=O)Nc1ccc(Cc2ccncc2)cc1. The number of aromatic nitrogens is 1. The van der Waals surface area contributed by atoms with Gasteiger partial charge in [-0.3, -0.25) is 9.78 Å². The number of anilines is 1. The number of carbonyl (C=O) groups is 1. The van der Waals surface area contributed by atoms with Crippen molar-refractivity contribution < 1.29 is 9.53 Å². The summed E-state index contributed by atoms with van der Waals surface area (Å²) in [6, 6.07) is 17.8. The quantitative estimate of drug-likeness (QED) is 0.627. The minimum Gasteiger partial charge on any atom is -0.481 e. The average molecular weight is 374 g/mol. The zero-order valence-corrected chi connectivity index (χ0v) is 16.6. The van der Waals surface area contributed by atoms with Crippen LogP contribution in [-0.4, -0.2) is 17.0 Å². The van der Waals surface area contributed by atoms with Crippen molar-refractivity contribution in [2.24, 2.45) is 0 Å². The number of ether oxygens (including phenoxy) is 1. The second kappa shape index (κ2) is 9.18. The molecule has 0 aliphatic carbocycles. The third kappa shape index (κ3) is 5.19. The summed E-state index contributed by atoms with van der Waals surface area (Å²) in [5.41, 5.74) is 5.52. The Morgan fingerprint density at radius 1 is 0.964 bits per heavy atom. The number of nitrogens with zero attached hydrogens (tertiary/aromatic N) is 1. The van der Waals surface area contributed by atoms with Crippen molar-refractivity contribution >= 4 is 11.6 Å². The summed E-state index contributed by atoms with van der Waals surface area (Å²) in [5, 5.41) is 2.96. The zero-order chi connectivity index (χ0) is 19.9. The van der Waals surface area contributed by atoms with Crippen LogP contribution in [-0.2, 0) is 11.2 Å². The van der Waals surface area contributed by atoms with Gasteiger partial charge in [0, 0.05) is 18.1 Å². The van der Waals surface area contributed by atoms with E-state index in [4.69, 9.17) is 4.74 Å². The predicted octanol–water partition coefficient (Wildman–Crippen LogP) is 5.09. The van der Waals surface area contributed by atoms with Crippen molar-refractivity contribution in [1.82, 2.24) is 4.98 Å². The smallest absolute Gasteiger partial charge is 0.265 e. The predicted molar refractivity (Wildman–Crippen MR) is 113 cm³/mol. The van der Waals surface area contributed by atoms with Crippen LogP contribution in [0.3, 0.4) is 0 Å². The molecular formula is C24H26N2O2. The van der Waals surface area contributed by atoms with E-state index in [0.717, 1.165) is 23.4 Å². The Labute approximate surface area is 166 Å². The van der Waals surface area contributed by atoms with Crippen molar-refractivity contribution in [3.05, 3.63) is 89.2 Å². The number of aryl methyl sites for hydroxylation is 2. The summed E-state index contributed by atoms with van der Waals surface area (Å²) >= 11 is 0. The lowest BCUT2D eigenvalue weighted by Gasteiger charge is -2.18. The van der Waals surface area contributed by atoms with Crippen molar-refractivity contribution in [3.8, 4) is 5.75 Å². The number of benzene rings is 2. The molecule has 0 aliphatic rings. The highest BCUT2D eigenvalue weighted by Crippen LogP contribution is 2.20. The highest BCUT2D eigenvalue weighted by molar-refractivity contribution is 5.94. The van der Waals surface area contributed by atoms with E-state index in [0.29, 0.717) is 6.42 Å². The summed E-state index contributed by atoms with van der Waals surface area (Å²) in [6.07, 6.45) is 4.50. The number of nitrogens with one attached hydrogen (secondary N) is 1. The molecule has 3 rings (SSSR count). The molecule has 0 bridgehead atoms. The monoisotopic (exact) mass is 374 g/mol. The number of rotatable bonds is 7. The molecule has 3 aromatic rings. The molecule has 0 radical (unpaired) electrons. The number of pyridine rings is 1. The Morgan fingerprint density at radius 3 is 2.29 bits per heavy atom. The van der Waals surface area contributed by atoms with Gasteiger partial charge in [-0.2, -0.15) is 0 Å². The van der Waals surface area contributed by atoms with Crippen molar-refractivity contribution in [2.75, 3.05) is 5.32 Å². The molecule has 1 aromatic heterocycles. The fourth-order valence-corrected chi connectivity index (χ4v) is 2.94. The van der Waals surface area contributed by atoms with Crippen LogP contribution in [0.2, 0.25) is 0 Å². The zero-order valence-electron chi connectivity index (χ0n) is 16.6. The summed E-state index contributed by atoms with van der Waals surface area (Å²) in [5.74, 6) is 0.584. The minimum atomic E-state index is -0.529. The Balaban J connectivity index is 1.61. The molecule has 0 unspecified atom stereocenters. The molecule has 28 heavy (non-hydrogen) atoms. The highest BCUT2D eigenvalue weighted by atomic mass is 16.5. The second-order valence-corrected chi connectivity index (χ2v) is 6.98. The van der Waals surface area contributed by atoms with Gasteiger partial charge in [0.25, 0.3) is 5.91 Å². The first-order valence-electron chi connectivity index (χ1n) is 9.57. The summed E-state index contributed by atoms with van der Waals surface area (Å²) in [6.45, 7) is 6.04. The molecule has 0 saturated carbocycles. The highest BCUT2D eigenvalue weighted by Gasteiger charge is 2.18. The van der Waals surface area contributed by atoms with E-state index in [1.165, 1.54) is 16.7 Å². The average Bonchev–Trinajstić information content (AvgIpc) is 2.71. The van der Waals surface area contributed by atoms with E-state index in [1.54, 1.807) is 12.4 Å². The first kappa shape index (κ1) is 19.6. The maximum absolute atomic E-state index is 12.6. The van der Waals surface area contributed by atoms with Crippen LogP contribution >= 0.6 is 0 Å². The molecule has 1 N–H and O–H groups in total. The lowest BCUT2D eigenvalue weighted by Crippen LogP contribution is -2.32. The fourth-order valence-electron chi connectivity index (χ4n) is 2.94. The van der Waals surface area contributed by atoms with Gasteiger partial charge >= 0.3 is 0 Å². The molecule has 0 aliphatic heterocycles. The van der Waals surface area contributed by atoms with Gasteiger partial charge in [-0.1, -0.05) is 25.1 Å². The standard InChI is InChI=1S/C24H26N2O2/c1-4-23(28-22-10-5-17(2)18(3)15-22)24(27)26-21-8-6-19(7-9-21)16-20-11-13-25-14-12-20/h5-15,23H,4,16H2,1-3H3,(H,26,27)/t23-/m0/s1. The van der Waals surface area contributed by atoms with Crippen LogP contribution in [0.1, 0.15) is 35.6 Å². The van der Waals surface area contributed by atoms with Crippen molar-refractivity contribution in [3.63, 3.8) is 0 Å². The fraction of sp³-hybridized carbons (Fsp3) is 0.250. The third-order valence-electron chi connectivity index (χ3n) is 4.80. The molecular weight excluding hydrogens is 348 g/mol. The lowest BCUT2D eigenvalue weighted by atomic mass is 10.1. The van der Waals surface area contributed by atoms with Crippen LogP contribution in [0.15, 0.2) is 67.0 Å². The van der Waals surface area contributed by atoms with Crippen molar-refractivity contribution in [1.29, 1.82) is 0 Å². The van der Waals surface area contributed by atoms with Crippen LogP contribution in [0, 0.1) is 13.8 Å². The molecule has 4 nitrogen and oxygen atoms in total. The molecule has 2 aromatic carbocycles. The molecule has 4 heteroatoms. The lowest BCUT2D eigenvalue weighted by molar-refractivity contribution is -0.122. The molecule has 1 heterocycles. The van der Waals surface area contributed by atoms with Gasteiger partial charge in [-0.25, -0.2) is 0 Å². The van der Waals surface area contributed by atoms with Gasteiger partial charge in [0.15, 0.2) is 6.10 Å². The third-order valence-corrected chi connectivity index (χ3v) is 4.80. The molecule has 1 amide bonds. The molecule has 0 saturated heterocycles. The van der Waals surface area contributed by atoms with Crippen molar-refractivity contribution in [2.45, 2.75) is 39.7 Å². The Kier molecular flexibility index (Phi) is 6.43. The number of carbonyl (C=O) groups excluding carboxylic acids is 1. The normalized spacial score (nSPS) is 11.7. The van der Waals surface area contributed by atoms with E-state index in [-0.39, 0.29) is 5.91 Å². The molecule has 144 valence electrons. The topological polar surface area (TPSA) is 51.2 Å². The van der Waals surface area contributed by atoms with E-state index in [2.05, 4.69) is 17.2 Å². The maximum atomic E-state index is 12.6. The van der Waals surface area contributed by atoms with E-state index in [9.17, 15) is 4.79 Å². The largest absolute Gasteiger partial charge is 0.481 e. The number of hydrogen-bond acceptors (Lipinski definition) is 3. The van der Waals surface area contributed by atoms with Crippen LogP contribution in [0.4, 0.5) is 5.69 Å². The first-order valence-corrected chi connectivity index (χ1v) is 9.57. The molecule has 0 spiro atoms. The van der Waals surface area contributed by atoms with Gasteiger partial charge in [0.05, 0.1) is 0 Å². The Hall–Kier alpha value is -3.14. The Morgan fingerprint density at radius 2 is 1.64 bits per heavy atom. The number of hydrogen-bond donors (Lipinski definition) is 1. The summed E-state index contributed by atoms with van der Waals surface area (Å²) in [7, 11) is 0. The van der Waals surface area contributed by atoms with E-state index >= 15 is 0 Å². The van der Waals surface area contributed by atoms with Crippen LogP contribution in [0.5, 0.6) is 5.75 Å². The maximum Gasteiger partial charge on any atom is 0.265 e. The summed E-state index contributed by atoms with van der Waals surface area (Å²) in [4.78, 5) is 16.7. The summed E-state index contributed by atoms with van der Waals surface area (Å²) < 4.78 is 5.92. The van der Waals surface area contributed by atoms with Gasteiger partial charge in [-0.05, 0) is 85.3 Å². The first-order chi connectivity index (χ1) is 13.5. The van der Waals surface area contributed by atoms with E-state index < -0.39 is 6.10 Å². The number of amides is 1. The van der Waals surface area contributed by atoms with E-state index in [1.807, 2.05) is 68.4 Å². The molecule has 1 atom stereocenters. The van der Waals surface area contributed by atoms with Crippen LogP contribution in [0.25, 0.3) is 0 Å². The van der Waals surface area contributed by atoms with Crippen LogP contribution < -0.4 is 10.1 Å². The van der Waals surface area contributed by atoms with Gasteiger partial charge in [-0.15, -0.1) is 0 Å². The van der Waals surface area contributed by atoms with Gasteiger partial charge in [0.2, 0.25) is 0 Å². The van der Waals surface area contributed by atoms with Gasteiger partial charge in [0.1, 0.15) is 5.75 Å². The molecule has 0 fully saturated rings.